The van der Waals surface area contributed by atoms with Crippen molar-refractivity contribution in [1.29, 1.82) is 0 Å². The molecule has 0 spiro atoms. The van der Waals surface area contributed by atoms with Gasteiger partial charge in [0.05, 0.1) is 0 Å². The van der Waals surface area contributed by atoms with Crippen LogP contribution in [0.3, 0.4) is 0 Å². The summed E-state index contributed by atoms with van der Waals surface area (Å²) in [6.07, 6.45) is 3.58. The predicted molar refractivity (Wildman–Crippen MR) is 63.4 cm³/mol. The molecular weight excluding hydrogens is 220 g/mol. The zero-order chi connectivity index (χ0) is 12.3. The zero-order valence-corrected chi connectivity index (χ0v) is 9.94. The Labute approximate surface area is 99.8 Å². The molecule has 1 atom stereocenters. The third-order valence-electron chi connectivity index (χ3n) is 3.14. The third kappa shape index (κ3) is 2.94. The van der Waals surface area contributed by atoms with Crippen molar-refractivity contribution in [3.8, 4) is 0 Å². The number of H-pyrrole nitrogens is 1. The molecule has 0 saturated carbocycles. The fourth-order valence-electron chi connectivity index (χ4n) is 2.07. The van der Waals surface area contributed by atoms with E-state index >= 15 is 0 Å². The van der Waals surface area contributed by atoms with Crippen LogP contribution in [0, 0.1) is 0 Å². The smallest absolute Gasteiger partial charge is 0.288 e. The molecule has 0 aliphatic carbocycles. The van der Waals surface area contributed by atoms with Crippen molar-refractivity contribution in [3.05, 3.63) is 5.82 Å². The topological polar surface area (TPSA) is 99.9 Å². The molecule has 7 heteroatoms. The van der Waals surface area contributed by atoms with E-state index in [4.69, 9.17) is 5.73 Å². The van der Waals surface area contributed by atoms with Crippen LogP contribution in [0.4, 0.5) is 5.95 Å². The molecule has 1 aliphatic rings. The van der Waals surface area contributed by atoms with Crippen molar-refractivity contribution in [2.45, 2.75) is 25.3 Å². The molecule has 1 amide bonds. The minimum Gasteiger partial charge on any atom is -0.366 e. The zero-order valence-electron chi connectivity index (χ0n) is 9.94. The lowest BCUT2D eigenvalue weighted by Gasteiger charge is -2.32. The third-order valence-corrected chi connectivity index (χ3v) is 3.14. The molecule has 17 heavy (non-hydrogen) atoms. The maximum absolute atomic E-state index is 11.7. The van der Waals surface area contributed by atoms with Gasteiger partial charge in [-0.05, 0) is 26.4 Å². The molecule has 1 unspecified atom stereocenters. The molecule has 1 aromatic heterocycles. The average Bonchev–Trinajstić information content (AvgIpc) is 2.74. The fraction of sp³-hybridized carbons (Fsp3) is 0.700. The monoisotopic (exact) mass is 238 g/mol. The number of aromatic nitrogens is 3. The van der Waals surface area contributed by atoms with E-state index in [1.54, 1.807) is 0 Å². The average molecular weight is 238 g/mol. The molecule has 1 aliphatic heterocycles. The van der Waals surface area contributed by atoms with Gasteiger partial charge in [0, 0.05) is 12.6 Å². The Morgan fingerprint density at radius 1 is 1.65 bits per heavy atom. The number of nitrogens with one attached hydrogen (secondary N) is 2. The second-order valence-electron chi connectivity index (χ2n) is 4.38. The number of nitrogen functional groups attached to an aromatic ring is 1. The molecule has 1 aromatic rings. The van der Waals surface area contributed by atoms with E-state index in [-0.39, 0.29) is 17.7 Å². The van der Waals surface area contributed by atoms with Crippen LogP contribution in [0.15, 0.2) is 0 Å². The number of aromatic amines is 1. The van der Waals surface area contributed by atoms with Crippen LogP contribution in [0.25, 0.3) is 0 Å². The quantitative estimate of drug-likeness (QED) is 0.665. The first-order valence-electron chi connectivity index (χ1n) is 5.83. The number of nitrogens with zero attached hydrogens (tertiary/aromatic N) is 3. The number of likely N-dealkylation sites (tertiary alicyclic amines) is 1. The summed E-state index contributed by atoms with van der Waals surface area (Å²) in [5.41, 5.74) is 5.34. The highest BCUT2D eigenvalue weighted by atomic mass is 16.2. The first-order chi connectivity index (χ1) is 8.16. The number of hydrogen-bond acceptors (Lipinski definition) is 5. The van der Waals surface area contributed by atoms with E-state index in [9.17, 15) is 4.79 Å². The second-order valence-corrected chi connectivity index (χ2v) is 4.38. The predicted octanol–water partition coefficient (Wildman–Crippen LogP) is -0.399. The second kappa shape index (κ2) is 5.13. The Hall–Kier alpha value is -1.63. The van der Waals surface area contributed by atoms with Crippen LogP contribution < -0.4 is 11.1 Å². The molecule has 4 N–H and O–H groups in total. The number of nitrogens with two attached hydrogens (primary N) is 1. The van der Waals surface area contributed by atoms with Gasteiger partial charge in [0.1, 0.15) is 0 Å². The van der Waals surface area contributed by atoms with Gasteiger partial charge >= 0.3 is 0 Å². The summed E-state index contributed by atoms with van der Waals surface area (Å²) in [4.78, 5) is 17.7. The molecule has 0 aromatic carbocycles. The van der Waals surface area contributed by atoms with E-state index < -0.39 is 0 Å². The van der Waals surface area contributed by atoms with Crippen molar-refractivity contribution >= 4 is 11.9 Å². The van der Waals surface area contributed by atoms with Gasteiger partial charge in [-0.2, -0.15) is 4.98 Å². The minimum absolute atomic E-state index is 0.0879. The normalized spacial score (nSPS) is 21.4. The van der Waals surface area contributed by atoms with Gasteiger partial charge in [-0.1, -0.05) is 6.42 Å². The van der Waals surface area contributed by atoms with Crippen LogP contribution in [-0.4, -0.2) is 52.2 Å². The Balaban J connectivity index is 1.83. The van der Waals surface area contributed by atoms with Gasteiger partial charge in [0.25, 0.3) is 5.91 Å². The maximum Gasteiger partial charge on any atom is 0.288 e. The van der Waals surface area contributed by atoms with Crippen molar-refractivity contribution in [2.75, 3.05) is 25.9 Å². The van der Waals surface area contributed by atoms with Crippen LogP contribution in [0.2, 0.25) is 0 Å². The van der Waals surface area contributed by atoms with Crippen molar-refractivity contribution in [1.82, 2.24) is 25.4 Å². The standard InChI is InChI=1S/C10H18N6O/c1-16-5-3-2-4-7(16)6-12-9(17)8-13-10(11)15-14-8/h7H,2-6H2,1H3,(H,12,17)(H3,11,13,14,15). The van der Waals surface area contributed by atoms with Gasteiger partial charge in [-0.3, -0.25) is 9.89 Å². The van der Waals surface area contributed by atoms with Gasteiger partial charge in [-0.15, -0.1) is 5.10 Å². The van der Waals surface area contributed by atoms with Crippen LogP contribution >= 0.6 is 0 Å². The summed E-state index contributed by atoms with van der Waals surface area (Å²) in [6.45, 7) is 1.73. The molecule has 7 nitrogen and oxygen atoms in total. The summed E-state index contributed by atoms with van der Waals surface area (Å²) in [7, 11) is 2.09. The van der Waals surface area contributed by atoms with E-state index in [1.807, 2.05) is 0 Å². The number of amides is 1. The SMILES string of the molecule is CN1CCCCC1CNC(=O)c1nc(N)n[nH]1. The highest BCUT2D eigenvalue weighted by Gasteiger charge is 2.20. The summed E-state index contributed by atoms with van der Waals surface area (Å²) < 4.78 is 0. The maximum atomic E-state index is 11.7. The van der Waals surface area contributed by atoms with Gasteiger partial charge < -0.3 is 16.0 Å². The molecule has 1 saturated heterocycles. The van der Waals surface area contributed by atoms with Crippen molar-refractivity contribution < 1.29 is 4.79 Å². The molecule has 1 fully saturated rings. The summed E-state index contributed by atoms with van der Waals surface area (Å²) in [6, 6.07) is 0.410. The molecule has 2 heterocycles. The Morgan fingerprint density at radius 3 is 3.12 bits per heavy atom. The van der Waals surface area contributed by atoms with Gasteiger partial charge in [0.15, 0.2) is 0 Å². The fourth-order valence-corrected chi connectivity index (χ4v) is 2.07. The minimum atomic E-state index is -0.256. The number of carbonyl (C=O) groups excluding carboxylic acids is 1. The highest BCUT2D eigenvalue weighted by Crippen LogP contribution is 2.13. The lowest BCUT2D eigenvalue weighted by molar-refractivity contribution is 0.0918. The van der Waals surface area contributed by atoms with Crippen molar-refractivity contribution in [3.63, 3.8) is 0 Å². The highest BCUT2D eigenvalue weighted by molar-refractivity contribution is 5.90. The molecular formula is C10H18N6O. The number of likely N-dealkylation sites (N-methyl/N-ethyl adjacent to an activating group) is 1. The number of piperidine rings is 1. The summed E-state index contributed by atoms with van der Waals surface area (Å²) in [5.74, 6) is -0.000861. The Bertz CT molecular complexity index is 390. The van der Waals surface area contributed by atoms with Crippen molar-refractivity contribution in [2.24, 2.45) is 0 Å². The van der Waals surface area contributed by atoms with Gasteiger partial charge in [0.2, 0.25) is 11.8 Å². The van der Waals surface area contributed by atoms with Crippen LogP contribution in [0.1, 0.15) is 29.9 Å². The molecule has 94 valence electrons. The molecule has 0 bridgehead atoms. The molecule has 2 rings (SSSR count). The van der Waals surface area contributed by atoms with E-state index in [1.165, 1.54) is 12.8 Å². The summed E-state index contributed by atoms with van der Waals surface area (Å²) >= 11 is 0. The number of carbonyl (C=O) groups is 1. The first kappa shape index (κ1) is 11.8. The first-order valence-corrected chi connectivity index (χ1v) is 5.83. The van der Waals surface area contributed by atoms with E-state index in [0.29, 0.717) is 12.6 Å². The van der Waals surface area contributed by atoms with E-state index in [0.717, 1.165) is 13.0 Å². The molecule has 0 radical (unpaired) electrons. The lowest BCUT2D eigenvalue weighted by Crippen LogP contribution is -2.44. The number of hydrogen-bond donors (Lipinski definition) is 3. The number of anilines is 1. The Morgan fingerprint density at radius 2 is 2.47 bits per heavy atom. The largest absolute Gasteiger partial charge is 0.366 e. The number of rotatable bonds is 3. The Kier molecular flexibility index (Phi) is 3.58. The summed E-state index contributed by atoms with van der Waals surface area (Å²) in [5, 5.41) is 8.95. The van der Waals surface area contributed by atoms with Gasteiger partial charge in [-0.25, -0.2) is 0 Å². The van der Waals surface area contributed by atoms with Crippen LogP contribution in [0.5, 0.6) is 0 Å². The lowest BCUT2D eigenvalue weighted by atomic mass is 10.0. The van der Waals surface area contributed by atoms with Crippen LogP contribution in [-0.2, 0) is 0 Å². The van der Waals surface area contributed by atoms with E-state index in [2.05, 4.69) is 32.4 Å².